The van der Waals surface area contributed by atoms with Crippen LogP contribution < -0.4 is 0 Å². The van der Waals surface area contributed by atoms with E-state index < -0.39 is 11.6 Å². The van der Waals surface area contributed by atoms with Crippen LogP contribution in [0.3, 0.4) is 0 Å². The first-order valence-electron chi connectivity index (χ1n) is 8.22. The molecule has 0 aliphatic carbocycles. The molecular formula is C18H24BrNO4. The number of ether oxygens (including phenoxy) is 1. The monoisotopic (exact) mass is 397 g/mol. The number of carboxylic acid groups (broad SMARTS) is 1. The van der Waals surface area contributed by atoms with Gasteiger partial charge in [-0.25, -0.2) is 4.79 Å². The van der Waals surface area contributed by atoms with E-state index in [0.717, 1.165) is 10.0 Å². The van der Waals surface area contributed by atoms with Gasteiger partial charge in [-0.05, 0) is 37.0 Å². The minimum atomic E-state index is -0.864. The second-order valence-corrected chi connectivity index (χ2v) is 7.57. The third kappa shape index (κ3) is 4.09. The first-order valence-corrected chi connectivity index (χ1v) is 9.01. The van der Waals surface area contributed by atoms with Crippen LogP contribution in [0.25, 0.3) is 0 Å². The Labute approximate surface area is 151 Å². The van der Waals surface area contributed by atoms with Gasteiger partial charge in [0.25, 0.3) is 0 Å². The number of carbonyl (C=O) groups excluding carboxylic acids is 1. The number of hydrogen-bond donors (Lipinski definition) is 1. The van der Waals surface area contributed by atoms with Gasteiger partial charge in [0.2, 0.25) is 0 Å². The smallest absolute Gasteiger partial charge is 0.410 e. The molecule has 132 valence electrons. The molecule has 0 aromatic heterocycles. The van der Waals surface area contributed by atoms with Crippen molar-refractivity contribution in [3.63, 3.8) is 0 Å². The average molecular weight is 398 g/mol. The minimum absolute atomic E-state index is 0.00766. The number of halogens is 1. The van der Waals surface area contributed by atoms with E-state index in [1.807, 2.05) is 45.0 Å². The third-order valence-corrected chi connectivity index (χ3v) is 5.46. The SMILES string of the molecule is CC(C)C1(CCC(=O)O)CCN([C@@H](C)c2ccc(Br)cc2)C(=O)O1. The van der Waals surface area contributed by atoms with Crippen molar-refractivity contribution in [3.05, 3.63) is 34.3 Å². The Bertz CT molecular complexity index is 602. The molecule has 1 aromatic carbocycles. The quantitative estimate of drug-likeness (QED) is 0.760. The number of carbonyl (C=O) groups is 2. The molecule has 1 aliphatic heterocycles. The van der Waals surface area contributed by atoms with Gasteiger partial charge >= 0.3 is 12.1 Å². The lowest BCUT2D eigenvalue weighted by Gasteiger charge is -2.45. The summed E-state index contributed by atoms with van der Waals surface area (Å²) in [6.07, 6.45) is 0.639. The maximum Gasteiger partial charge on any atom is 0.410 e. The van der Waals surface area contributed by atoms with Crippen LogP contribution in [0, 0.1) is 5.92 Å². The van der Waals surface area contributed by atoms with Crippen LogP contribution in [0.1, 0.15) is 51.6 Å². The molecular weight excluding hydrogens is 374 g/mol. The number of carboxylic acids is 1. The van der Waals surface area contributed by atoms with Crippen molar-refractivity contribution in [1.29, 1.82) is 0 Å². The highest BCUT2D eigenvalue weighted by atomic mass is 79.9. The molecule has 0 spiro atoms. The van der Waals surface area contributed by atoms with Crippen LogP contribution in [0.2, 0.25) is 0 Å². The first kappa shape index (κ1) is 18.8. The molecule has 6 heteroatoms. The van der Waals surface area contributed by atoms with Crippen LogP contribution >= 0.6 is 15.9 Å². The van der Waals surface area contributed by atoms with Gasteiger partial charge < -0.3 is 14.7 Å². The summed E-state index contributed by atoms with van der Waals surface area (Å²) in [6, 6.07) is 7.78. The Morgan fingerprint density at radius 2 is 1.96 bits per heavy atom. The maximum atomic E-state index is 12.6. The summed E-state index contributed by atoms with van der Waals surface area (Å²) in [5.74, 6) is -0.789. The van der Waals surface area contributed by atoms with Crippen molar-refractivity contribution in [2.24, 2.45) is 5.92 Å². The normalized spacial score (nSPS) is 22.4. The summed E-state index contributed by atoms with van der Waals surface area (Å²) >= 11 is 3.41. The molecule has 1 fully saturated rings. The van der Waals surface area contributed by atoms with Crippen LogP contribution in [0.4, 0.5) is 4.79 Å². The summed E-state index contributed by atoms with van der Waals surface area (Å²) in [7, 11) is 0. The molecule has 0 bridgehead atoms. The van der Waals surface area contributed by atoms with Gasteiger partial charge in [-0.3, -0.25) is 4.79 Å². The standard InChI is InChI=1S/C18H24BrNO4/c1-12(2)18(9-8-16(21)22)10-11-20(17(23)24-18)13(3)14-4-6-15(19)7-5-14/h4-7,12-13H,8-11H2,1-3H3,(H,21,22)/t13-,18?/m0/s1. The van der Waals surface area contributed by atoms with Crippen LogP contribution in [-0.4, -0.2) is 34.2 Å². The summed E-state index contributed by atoms with van der Waals surface area (Å²) in [5.41, 5.74) is 0.350. The lowest BCUT2D eigenvalue weighted by atomic mass is 9.81. The third-order valence-electron chi connectivity index (χ3n) is 4.94. The topological polar surface area (TPSA) is 66.8 Å². The van der Waals surface area contributed by atoms with E-state index in [-0.39, 0.29) is 24.5 Å². The van der Waals surface area contributed by atoms with Crippen molar-refractivity contribution < 1.29 is 19.4 Å². The van der Waals surface area contributed by atoms with Gasteiger partial charge in [0.1, 0.15) is 5.60 Å². The molecule has 1 N–H and O–H groups in total. The lowest BCUT2D eigenvalue weighted by Crippen LogP contribution is -2.53. The zero-order valence-corrected chi connectivity index (χ0v) is 15.9. The second kappa shape index (κ2) is 7.55. The van der Waals surface area contributed by atoms with Gasteiger partial charge in [-0.2, -0.15) is 0 Å². The number of rotatable bonds is 6. The Balaban J connectivity index is 2.11. The van der Waals surface area contributed by atoms with Crippen molar-refractivity contribution in [2.75, 3.05) is 6.54 Å². The molecule has 0 saturated carbocycles. The fraction of sp³-hybridized carbons (Fsp3) is 0.556. The van der Waals surface area contributed by atoms with E-state index >= 15 is 0 Å². The number of aliphatic carboxylic acids is 1. The van der Waals surface area contributed by atoms with Crippen LogP contribution in [0.15, 0.2) is 28.7 Å². The molecule has 1 aromatic rings. The van der Waals surface area contributed by atoms with Crippen molar-refractivity contribution in [1.82, 2.24) is 4.90 Å². The number of nitrogens with zero attached hydrogens (tertiary/aromatic N) is 1. The molecule has 1 saturated heterocycles. The summed E-state index contributed by atoms with van der Waals surface area (Å²) in [4.78, 5) is 25.2. The highest BCUT2D eigenvalue weighted by molar-refractivity contribution is 9.10. The van der Waals surface area contributed by atoms with E-state index in [1.54, 1.807) is 4.90 Å². The molecule has 5 nitrogen and oxygen atoms in total. The second-order valence-electron chi connectivity index (χ2n) is 6.65. The number of amides is 1. The summed E-state index contributed by atoms with van der Waals surface area (Å²) < 4.78 is 6.77. The van der Waals surface area contributed by atoms with Gasteiger partial charge in [0.15, 0.2) is 0 Å². The molecule has 1 heterocycles. The van der Waals surface area contributed by atoms with Crippen molar-refractivity contribution in [2.45, 2.75) is 51.7 Å². The minimum Gasteiger partial charge on any atom is -0.481 e. The fourth-order valence-corrected chi connectivity index (χ4v) is 3.41. The van der Waals surface area contributed by atoms with E-state index in [2.05, 4.69) is 15.9 Å². The number of hydrogen-bond acceptors (Lipinski definition) is 3. The average Bonchev–Trinajstić information content (AvgIpc) is 2.53. The first-order chi connectivity index (χ1) is 11.2. The highest BCUT2D eigenvalue weighted by Crippen LogP contribution is 2.37. The maximum absolute atomic E-state index is 12.6. The molecule has 1 amide bonds. The lowest BCUT2D eigenvalue weighted by molar-refractivity contribution is -0.140. The van der Waals surface area contributed by atoms with Crippen molar-refractivity contribution in [3.8, 4) is 0 Å². The van der Waals surface area contributed by atoms with Gasteiger partial charge in [0.05, 0.1) is 6.04 Å². The Morgan fingerprint density at radius 1 is 1.33 bits per heavy atom. The predicted molar refractivity (Wildman–Crippen MR) is 94.8 cm³/mol. The van der Waals surface area contributed by atoms with Crippen molar-refractivity contribution >= 4 is 28.0 Å². The Kier molecular flexibility index (Phi) is 5.91. The molecule has 24 heavy (non-hydrogen) atoms. The molecule has 1 unspecified atom stereocenters. The zero-order chi connectivity index (χ0) is 17.9. The summed E-state index contributed by atoms with van der Waals surface area (Å²) in [6.45, 7) is 6.49. The Morgan fingerprint density at radius 3 is 2.46 bits per heavy atom. The van der Waals surface area contributed by atoms with Crippen LogP contribution in [0.5, 0.6) is 0 Å². The zero-order valence-electron chi connectivity index (χ0n) is 14.3. The molecule has 0 radical (unpaired) electrons. The largest absolute Gasteiger partial charge is 0.481 e. The van der Waals surface area contributed by atoms with Gasteiger partial charge in [-0.1, -0.05) is 41.9 Å². The van der Waals surface area contributed by atoms with Gasteiger partial charge in [0, 0.05) is 23.9 Å². The molecule has 2 rings (SSSR count). The summed E-state index contributed by atoms with van der Waals surface area (Å²) in [5, 5.41) is 8.96. The molecule has 1 aliphatic rings. The predicted octanol–water partition coefficient (Wildman–Crippen LogP) is 4.61. The molecule has 2 atom stereocenters. The van der Waals surface area contributed by atoms with E-state index in [9.17, 15) is 9.59 Å². The Hall–Kier alpha value is -1.56. The highest BCUT2D eigenvalue weighted by Gasteiger charge is 2.44. The van der Waals surface area contributed by atoms with E-state index in [4.69, 9.17) is 9.84 Å². The van der Waals surface area contributed by atoms with Crippen LogP contribution in [-0.2, 0) is 9.53 Å². The number of benzene rings is 1. The van der Waals surface area contributed by atoms with E-state index in [0.29, 0.717) is 19.4 Å². The van der Waals surface area contributed by atoms with Gasteiger partial charge in [-0.15, -0.1) is 0 Å². The van der Waals surface area contributed by atoms with E-state index in [1.165, 1.54) is 0 Å². The fourth-order valence-electron chi connectivity index (χ4n) is 3.15. The number of cyclic esters (lactones) is 1.